The summed E-state index contributed by atoms with van der Waals surface area (Å²) >= 11 is 8.59. The van der Waals surface area contributed by atoms with Crippen LogP contribution in [0.5, 0.6) is 0 Å². The second kappa shape index (κ2) is 6.33. The highest BCUT2D eigenvalue weighted by molar-refractivity contribution is 9.10. The van der Waals surface area contributed by atoms with E-state index < -0.39 is 0 Å². The first kappa shape index (κ1) is 14.8. The smallest absolute Gasteiger partial charge is 0.216 e. The lowest BCUT2D eigenvalue weighted by molar-refractivity contribution is 0.628. The maximum atomic E-state index is 12.9. The van der Waals surface area contributed by atoms with Gasteiger partial charge in [-0.1, -0.05) is 40.2 Å². The van der Waals surface area contributed by atoms with E-state index in [1.807, 2.05) is 24.3 Å². The van der Waals surface area contributed by atoms with Crippen molar-refractivity contribution in [2.24, 2.45) is 5.10 Å². The van der Waals surface area contributed by atoms with Crippen LogP contribution < -0.4 is 0 Å². The van der Waals surface area contributed by atoms with E-state index in [0.29, 0.717) is 10.6 Å². The zero-order chi connectivity index (χ0) is 15.5. The zero-order valence-corrected chi connectivity index (χ0v) is 13.6. The molecule has 3 rings (SSSR count). The predicted molar refractivity (Wildman–Crippen MR) is 89.9 cm³/mol. The summed E-state index contributed by atoms with van der Waals surface area (Å²) in [6.45, 7) is 0. The number of rotatable bonds is 3. The predicted octanol–water partition coefficient (Wildman–Crippen LogP) is 4.39. The summed E-state index contributed by atoms with van der Waals surface area (Å²) < 4.78 is 15.8. The van der Waals surface area contributed by atoms with Gasteiger partial charge in [-0.25, -0.2) is 9.49 Å². The van der Waals surface area contributed by atoms with Crippen molar-refractivity contribution in [3.8, 4) is 11.4 Å². The number of H-pyrrole nitrogens is 1. The van der Waals surface area contributed by atoms with E-state index in [-0.39, 0.29) is 5.82 Å². The van der Waals surface area contributed by atoms with Crippen molar-refractivity contribution in [2.45, 2.75) is 0 Å². The highest BCUT2D eigenvalue weighted by Gasteiger charge is 2.07. The van der Waals surface area contributed by atoms with Gasteiger partial charge in [0.25, 0.3) is 0 Å². The average molecular weight is 377 g/mol. The van der Waals surface area contributed by atoms with Gasteiger partial charge in [0.05, 0.1) is 6.21 Å². The topological polar surface area (TPSA) is 46.0 Å². The Hall–Kier alpha value is -2.12. The molecular weight excluding hydrogens is 367 g/mol. The van der Waals surface area contributed by atoms with E-state index in [0.717, 1.165) is 15.6 Å². The summed E-state index contributed by atoms with van der Waals surface area (Å²) in [5.41, 5.74) is 1.65. The number of aromatic nitrogens is 3. The molecule has 0 amide bonds. The van der Waals surface area contributed by atoms with Gasteiger partial charge < -0.3 is 0 Å². The molecule has 110 valence electrons. The Balaban J connectivity index is 1.97. The van der Waals surface area contributed by atoms with Crippen molar-refractivity contribution in [1.82, 2.24) is 14.9 Å². The third-order valence-corrected chi connectivity index (χ3v) is 3.74. The lowest BCUT2D eigenvalue weighted by atomic mass is 10.2. The van der Waals surface area contributed by atoms with Gasteiger partial charge in [-0.15, -0.1) is 0 Å². The molecule has 7 heteroatoms. The molecule has 0 unspecified atom stereocenters. The first-order chi connectivity index (χ1) is 10.6. The second-order valence-corrected chi connectivity index (χ2v) is 5.77. The lowest BCUT2D eigenvalue weighted by Crippen LogP contribution is -1.95. The standard InChI is InChI=1S/C15H10BrFN4S/c16-12-5-3-11(4-6-12)14-19-20-15(22)21(14)18-9-10-1-7-13(17)8-2-10/h1-9H,(H,20,22)/b18-9+. The van der Waals surface area contributed by atoms with Crippen molar-refractivity contribution in [3.05, 3.63) is 69.2 Å². The molecule has 0 saturated carbocycles. The van der Waals surface area contributed by atoms with E-state index in [9.17, 15) is 4.39 Å². The van der Waals surface area contributed by atoms with Gasteiger partial charge in [-0.3, -0.25) is 0 Å². The minimum absolute atomic E-state index is 0.285. The minimum Gasteiger partial charge on any atom is -0.250 e. The highest BCUT2D eigenvalue weighted by atomic mass is 79.9. The summed E-state index contributed by atoms with van der Waals surface area (Å²) in [5, 5.41) is 11.2. The van der Waals surface area contributed by atoms with E-state index >= 15 is 0 Å². The molecule has 1 aromatic heterocycles. The number of nitrogens with one attached hydrogen (secondary N) is 1. The van der Waals surface area contributed by atoms with Gasteiger partial charge in [0.2, 0.25) is 4.77 Å². The first-order valence-corrected chi connectivity index (χ1v) is 7.57. The van der Waals surface area contributed by atoms with Crippen LogP contribution in [0.2, 0.25) is 0 Å². The molecule has 22 heavy (non-hydrogen) atoms. The normalized spacial score (nSPS) is 11.2. The molecule has 0 aliphatic carbocycles. The fourth-order valence-electron chi connectivity index (χ4n) is 1.86. The average Bonchev–Trinajstić information content (AvgIpc) is 2.89. The molecule has 0 fully saturated rings. The van der Waals surface area contributed by atoms with E-state index in [1.165, 1.54) is 16.8 Å². The number of halogens is 2. The maximum Gasteiger partial charge on any atom is 0.216 e. The Labute approximate surface area is 139 Å². The van der Waals surface area contributed by atoms with E-state index in [1.54, 1.807) is 18.3 Å². The third kappa shape index (κ3) is 3.20. The summed E-state index contributed by atoms with van der Waals surface area (Å²) in [4.78, 5) is 0. The van der Waals surface area contributed by atoms with Gasteiger partial charge in [0.15, 0.2) is 5.82 Å². The molecule has 3 aromatic rings. The van der Waals surface area contributed by atoms with Gasteiger partial charge >= 0.3 is 0 Å². The molecule has 1 heterocycles. The molecular formula is C15H10BrFN4S. The van der Waals surface area contributed by atoms with Crippen molar-refractivity contribution in [1.29, 1.82) is 0 Å². The number of hydrogen-bond acceptors (Lipinski definition) is 3. The molecule has 0 spiro atoms. The van der Waals surface area contributed by atoms with Crippen LogP contribution in [-0.2, 0) is 0 Å². The summed E-state index contributed by atoms with van der Waals surface area (Å²) in [5.74, 6) is 0.323. The van der Waals surface area contributed by atoms with Crippen molar-refractivity contribution >= 4 is 34.4 Å². The molecule has 2 aromatic carbocycles. The van der Waals surface area contributed by atoms with E-state index in [2.05, 4.69) is 31.2 Å². The zero-order valence-electron chi connectivity index (χ0n) is 11.2. The monoisotopic (exact) mass is 376 g/mol. The Morgan fingerprint density at radius 1 is 1.14 bits per heavy atom. The van der Waals surface area contributed by atoms with Crippen LogP contribution >= 0.6 is 28.1 Å². The third-order valence-electron chi connectivity index (χ3n) is 2.95. The lowest BCUT2D eigenvalue weighted by Gasteiger charge is -2.01. The van der Waals surface area contributed by atoms with Crippen LogP contribution in [0.1, 0.15) is 5.56 Å². The maximum absolute atomic E-state index is 12.9. The Morgan fingerprint density at radius 2 is 1.82 bits per heavy atom. The molecule has 0 bridgehead atoms. The van der Waals surface area contributed by atoms with Crippen LogP contribution in [0, 0.1) is 10.6 Å². The molecule has 0 aliphatic rings. The van der Waals surface area contributed by atoms with Gasteiger partial charge in [-0.05, 0) is 42.0 Å². The molecule has 1 N–H and O–H groups in total. The molecule has 0 radical (unpaired) electrons. The second-order valence-electron chi connectivity index (χ2n) is 4.47. The van der Waals surface area contributed by atoms with Gasteiger partial charge in [0.1, 0.15) is 5.82 Å². The van der Waals surface area contributed by atoms with E-state index in [4.69, 9.17) is 12.2 Å². The summed E-state index contributed by atoms with van der Waals surface area (Å²) in [7, 11) is 0. The van der Waals surface area contributed by atoms with Crippen LogP contribution in [0.4, 0.5) is 4.39 Å². The van der Waals surface area contributed by atoms with Crippen molar-refractivity contribution < 1.29 is 4.39 Å². The number of benzene rings is 2. The highest BCUT2D eigenvalue weighted by Crippen LogP contribution is 2.20. The quantitative estimate of drug-likeness (QED) is 0.544. The summed E-state index contributed by atoms with van der Waals surface area (Å²) in [6.07, 6.45) is 1.60. The summed E-state index contributed by atoms with van der Waals surface area (Å²) in [6, 6.07) is 13.7. The van der Waals surface area contributed by atoms with Crippen molar-refractivity contribution in [2.75, 3.05) is 0 Å². The molecule has 0 saturated heterocycles. The van der Waals surface area contributed by atoms with Crippen LogP contribution in [-0.4, -0.2) is 21.1 Å². The van der Waals surface area contributed by atoms with Crippen LogP contribution in [0.3, 0.4) is 0 Å². The molecule has 0 aliphatic heterocycles. The van der Waals surface area contributed by atoms with Gasteiger partial charge in [0, 0.05) is 10.0 Å². The Bertz CT molecular complexity index is 866. The number of nitrogens with zero attached hydrogens (tertiary/aromatic N) is 3. The SMILES string of the molecule is Fc1ccc(/C=N/n2c(-c3ccc(Br)cc3)n[nH]c2=S)cc1. The molecule has 4 nitrogen and oxygen atoms in total. The Kier molecular flexibility index (Phi) is 4.26. The largest absolute Gasteiger partial charge is 0.250 e. The number of aromatic amines is 1. The van der Waals surface area contributed by atoms with Crippen molar-refractivity contribution in [3.63, 3.8) is 0 Å². The first-order valence-electron chi connectivity index (χ1n) is 6.37. The fourth-order valence-corrected chi connectivity index (χ4v) is 2.30. The van der Waals surface area contributed by atoms with Gasteiger partial charge in [-0.2, -0.15) is 14.9 Å². The van der Waals surface area contributed by atoms with Crippen LogP contribution in [0.15, 0.2) is 58.1 Å². The number of hydrogen-bond donors (Lipinski definition) is 1. The minimum atomic E-state index is -0.285. The Morgan fingerprint density at radius 3 is 2.50 bits per heavy atom. The molecule has 0 atom stereocenters. The van der Waals surface area contributed by atoms with Crippen LogP contribution in [0.25, 0.3) is 11.4 Å². The fraction of sp³-hybridized carbons (Fsp3) is 0.